The quantitative estimate of drug-likeness (QED) is 0.617. The number of halogens is 3. The molecule has 0 fully saturated rings. The summed E-state index contributed by atoms with van der Waals surface area (Å²) in [6.45, 7) is 7.72. The molecule has 0 aliphatic heterocycles. The summed E-state index contributed by atoms with van der Waals surface area (Å²) in [4.78, 5) is 11.5. The molecule has 0 aliphatic rings. The highest BCUT2D eigenvalue weighted by Gasteiger charge is 2.35. The molecule has 0 saturated carbocycles. The minimum atomic E-state index is -1.57. The summed E-state index contributed by atoms with van der Waals surface area (Å²) in [5, 5.41) is 5.73. The van der Waals surface area contributed by atoms with Crippen molar-refractivity contribution in [3.8, 4) is 0 Å². The Morgan fingerprint density at radius 3 is 2.06 bits per heavy atom. The third kappa shape index (κ3) is 7.55. The van der Waals surface area contributed by atoms with E-state index in [4.69, 9.17) is 34.8 Å². The molecule has 2 N–H and O–H groups in total. The topological polar surface area (TPSA) is 41.1 Å². The fraction of sp³-hybridized carbons (Fsp3) is 0.900. The van der Waals surface area contributed by atoms with Gasteiger partial charge in [-0.15, -0.1) is 0 Å². The normalized spacial score (nSPS) is 14.7. The highest BCUT2D eigenvalue weighted by atomic mass is 35.6. The Kier molecular flexibility index (Phi) is 6.41. The Morgan fingerprint density at radius 1 is 1.25 bits per heavy atom. The Morgan fingerprint density at radius 2 is 1.75 bits per heavy atom. The average molecular weight is 290 g/mol. The summed E-state index contributed by atoms with van der Waals surface area (Å²) >= 11 is 17.4. The summed E-state index contributed by atoms with van der Waals surface area (Å²) in [7, 11) is 0. The van der Waals surface area contributed by atoms with Gasteiger partial charge in [-0.25, -0.2) is 0 Å². The molecule has 0 aromatic rings. The molecule has 1 unspecified atom stereocenters. The van der Waals surface area contributed by atoms with E-state index in [9.17, 15) is 4.79 Å². The molecule has 6 heteroatoms. The first-order valence-corrected chi connectivity index (χ1v) is 6.33. The second kappa shape index (κ2) is 6.29. The monoisotopic (exact) mass is 288 g/mol. The van der Waals surface area contributed by atoms with Crippen LogP contribution in [0.1, 0.15) is 40.5 Å². The lowest BCUT2D eigenvalue weighted by Gasteiger charge is -2.33. The van der Waals surface area contributed by atoms with E-state index in [1.54, 1.807) is 0 Å². The zero-order valence-electron chi connectivity index (χ0n) is 10.0. The van der Waals surface area contributed by atoms with Crippen LogP contribution in [0.15, 0.2) is 0 Å². The van der Waals surface area contributed by atoms with Crippen LogP contribution in [0.3, 0.4) is 0 Å². The van der Waals surface area contributed by atoms with Crippen molar-refractivity contribution < 1.29 is 4.79 Å². The van der Waals surface area contributed by atoms with Crippen molar-refractivity contribution in [2.75, 3.05) is 0 Å². The molecule has 1 atom stereocenters. The van der Waals surface area contributed by atoms with E-state index in [2.05, 4.69) is 10.6 Å². The lowest BCUT2D eigenvalue weighted by atomic mass is 10.1. The molecule has 0 aromatic heterocycles. The van der Waals surface area contributed by atoms with Gasteiger partial charge in [0.25, 0.3) is 0 Å². The number of hydrogen-bond donors (Lipinski definition) is 2. The fourth-order valence-electron chi connectivity index (χ4n) is 1.09. The van der Waals surface area contributed by atoms with Crippen LogP contribution in [0.2, 0.25) is 0 Å². The van der Waals surface area contributed by atoms with Gasteiger partial charge >= 0.3 is 0 Å². The lowest BCUT2D eigenvalue weighted by molar-refractivity contribution is -0.122. The first-order valence-electron chi connectivity index (χ1n) is 5.20. The van der Waals surface area contributed by atoms with Crippen LogP contribution in [0.4, 0.5) is 0 Å². The summed E-state index contributed by atoms with van der Waals surface area (Å²) in [6.07, 6.45) is 0.480. The Labute approximate surface area is 112 Å². The van der Waals surface area contributed by atoms with E-state index < -0.39 is 9.96 Å². The number of alkyl halides is 3. The molecule has 0 spiro atoms. The molecule has 0 bridgehead atoms. The van der Waals surface area contributed by atoms with E-state index in [0.29, 0.717) is 6.42 Å². The minimum Gasteiger partial charge on any atom is -0.337 e. The van der Waals surface area contributed by atoms with E-state index in [-0.39, 0.29) is 11.4 Å². The third-order valence-electron chi connectivity index (χ3n) is 1.69. The van der Waals surface area contributed by atoms with Crippen LogP contribution >= 0.6 is 34.8 Å². The highest BCUT2D eigenvalue weighted by molar-refractivity contribution is 6.68. The molecule has 0 heterocycles. The van der Waals surface area contributed by atoms with E-state index >= 15 is 0 Å². The van der Waals surface area contributed by atoms with Crippen molar-refractivity contribution in [1.29, 1.82) is 0 Å². The van der Waals surface area contributed by atoms with Crippen LogP contribution < -0.4 is 10.6 Å². The summed E-state index contributed by atoms with van der Waals surface area (Å²) in [5.74, 6) is -0.129. The predicted octanol–water partition coefficient (Wildman–Crippen LogP) is 2.99. The Hall–Kier alpha value is 0.300. The van der Waals surface area contributed by atoms with E-state index in [1.807, 2.05) is 27.7 Å². The zero-order valence-corrected chi connectivity index (χ0v) is 12.3. The van der Waals surface area contributed by atoms with Crippen molar-refractivity contribution in [3.63, 3.8) is 0 Å². The van der Waals surface area contributed by atoms with Gasteiger partial charge in [-0.3, -0.25) is 10.1 Å². The van der Waals surface area contributed by atoms with Gasteiger partial charge in [-0.1, -0.05) is 41.7 Å². The van der Waals surface area contributed by atoms with Gasteiger partial charge in [0, 0.05) is 12.0 Å². The molecule has 16 heavy (non-hydrogen) atoms. The molecular weight excluding hydrogens is 270 g/mol. The number of carbonyl (C=O) groups excluding carboxylic acids is 1. The summed E-state index contributed by atoms with van der Waals surface area (Å²) < 4.78 is -1.57. The van der Waals surface area contributed by atoms with Gasteiger partial charge in [0.15, 0.2) is 0 Å². The van der Waals surface area contributed by atoms with Crippen molar-refractivity contribution >= 4 is 40.7 Å². The molecule has 0 aliphatic carbocycles. The van der Waals surface area contributed by atoms with Crippen LogP contribution in [0.5, 0.6) is 0 Å². The second-order valence-corrected chi connectivity index (χ2v) is 7.06. The molecule has 3 nitrogen and oxygen atoms in total. The number of amides is 1. The second-order valence-electron chi connectivity index (χ2n) is 4.69. The van der Waals surface area contributed by atoms with Crippen molar-refractivity contribution in [1.82, 2.24) is 10.6 Å². The molecular formula is C10H19Cl3N2O. The first kappa shape index (κ1) is 16.3. The fourth-order valence-corrected chi connectivity index (χ4v) is 1.42. The van der Waals surface area contributed by atoms with E-state index in [1.165, 1.54) is 0 Å². The minimum absolute atomic E-state index is 0.129. The number of nitrogens with one attached hydrogen (secondary N) is 2. The maximum atomic E-state index is 11.5. The smallest absolute Gasteiger partial charge is 0.223 e. The molecule has 0 aromatic carbocycles. The zero-order chi connectivity index (χ0) is 13.0. The van der Waals surface area contributed by atoms with Gasteiger partial charge in [0.2, 0.25) is 9.70 Å². The number of hydrogen-bond acceptors (Lipinski definition) is 2. The van der Waals surface area contributed by atoms with E-state index in [0.717, 1.165) is 6.42 Å². The number of rotatable bonds is 4. The maximum absolute atomic E-state index is 11.5. The first-order chi connectivity index (χ1) is 7.06. The number of carbonyl (C=O) groups is 1. The summed E-state index contributed by atoms with van der Waals surface area (Å²) in [5.41, 5.74) is -0.256. The Balaban J connectivity index is 4.52. The average Bonchev–Trinajstić information content (AvgIpc) is 1.98. The van der Waals surface area contributed by atoms with Crippen LogP contribution in [0, 0.1) is 0 Å². The van der Waals surface area contributed by atoms with Crippen LogP contribution in [-0.2, 0) is 4.79 Å². The SMILES string of the molecule is CCCC(=O)NC(NC(C)(C)C)C(Cl)(Cl)Cl. The Bertz CT molecular complexity index is 233. The highest BCUT2D eigenvalue weighted by Crippen LogP contribution is 2.30. The van der Waals surface area contributed by atoms with Crippen LogP contribution in [0.25, 0.3) is 0 Å². The maximum Gasteiger partial charge on any atom is 0.223 e. The van der Waals surface area contributed by atoms with Crippen molar-refractivity contribution in [2.24, 2.45) is 0 Å². The largest absolute Gasteiger partial charge is 0.337 e. The molecule has 96 valence electrons. The molecule has 0 radical (unpaired) electrons. The van der Waals surface area contributed by atoms with Gasteiger partial charge < -0.3 is 5.32 Å². The lowest BCUT2D eigenvalue weighted by Crippen LogP contribution is -2.58. The third-order valence-corrected chi connectivity index (χ3v) is 2.34. The van der Waals surface area contributed by atoms with Gasteiger partial charge in [-0.05, 0) is 27.2 Å². The van der Waals surface area contributed by atoms with Crippen molar-refractivity contribution in [2.45, 2.75) is 56.0 Å². The van der Waals surface area contributed by atoms with Gasteiger partial charge in [-0.2, -0.15) is 0 Å². The standard InChI is InChI=1S/C10H19Cl3N2O/c1-5-6-7(16)14-8(10(11,12)13)15-9(2,3)4/h8,15H,5-6H2,1-4H3,(H,14,16). The van der Waals surface area contributed by atoms with Crippen molar-refractivity contribution in [3.05, 3.63) is 0 Å². The predicted molar refractivity (Wildman–Crippen MR) is 70.0 cm³/mol. The summed E-state index contributed by atoms with van der Waals surface area (Å²) in [6, 6.07) is 0. The molecule has 0 rings (SSSR count). The van der Waals surface area contributed by atoms with Gasteiger partial charge in [0.1, 0.15) is 6.17 Å². The van der Waals surface area contributed by atoms with Crippen LogP contribution in [-0.4, -0.2) is 21.4 Å². The molecule has 1 amide bonds. The molecule has 0 saturated heterocycles. The van der Waals surface area contributed by atoms with Gasteiger partial charge in [0.05, 0.1) is 0 Å².